The van der Waals surface area contributed by atoms with Crippen molar-refractivity contribution in [2.24, 2.45) is 0 Å². The number of alkyl halides is 1. The van der Waals surface area contributed by atoms with Crippen molar-refractivity contribution in [3.05, 3.63) is 11.8 Å². The number of hydrogen-bond donors (Lipinski definition) is 0. The van der Waals surface area contributed by atoms with E-state index < -0.39 is 0 Å². The zero-order valence-electron chi connectivity index (χ0n) is 8.99. The molecule has 1 rings (SSSR count). The Morgan fingerprint density at radius 1 is 1.40 bits per heavy atom. The first-order chi connectivity index (χ1) is 7.26. The Kier molecular flexibility index (Phi) is 6.02. The van der Waals surface area contributed by atoms with Gasteiger partial charge in [0.2, 0.25) is 5.88 Å². The molecule has 1 heterocycles. The summed E-state index contributed by atoms with van der Waals surface area (Å²) in [6.45, 7) is 2.67. The molecule has 1 aromatic heterocycles. The summed E-state index contributed by atoms with van der Waals surface area (Å²) >= 11 is 4.92. The van der Waals surface area contributed by atoms with Gasteiger partial charge in [0.1, 0.15) is 0 Å². The third kappa shape index (κ3) is 4.84. The molecule has 1 aromatic rings. The normalized spacial score (nSPS) is 10.3. The van der Waals surface area contributed by atoms with Crippen LogP contribution < -0.4 is 4.74 Å². The molecular weight excluding hydrogens is 276 g/mol. The minimum atomic E-state index is 0.682. The lowest BCUT2D eigenvalue weighted by atomic mass is 10.4. The van der Waals surface area contributed by atoms with Crippen LogP contribution in [0.5, 0.6) is 5.88 Å². The van der Waals surface area contributed by atoms with Gasteiger partial charge in [0.25, 0.3) is 0 Å². The second-order valence-corrected chi connectivity index (χ2v) is 4.65. The summed E-state index contributed by atoms with van der Waals surface area (Å²) in [4.78, 5) is 8.53. The minimum absolute atomic E-state index is 0.682. The van der Waals surface area contributed by atoms with Crippen molar-refractivity contribution in [2.45, 2.75) is 24.9 Å². The molecule has 0 aromatic carbocycles. The Labute approximate surface area is 103 Å². The molecule has 0 bridgehead atoms. The minimum Gasteiger partial charge on any atom is -0.478 e. The molecular formula is C10H15BrN2OS. The summed E-state index contributed by atoms with van der Waals surface area (Å²) in [5.41, 5.74) is 0.949. The van der Waals surface area contributed by atoms with Crippen LogP contribution in [0, 0.1) is 6.92 Å². The topological polar surface area (TPSA) is 35.0 Å². The first kappa shape index (κ1) is 12.8. The van der Waals surface area contributed by atoms with E-state index in [9.17, 15) is 0 Å². The molecule has 0 saturated heterocycles. The van der Waals surface area contributed by atoms with Crippen LogP contribution in [0.2, 0.25) is 0 Å². The predicted molar refractivity (Wildman–Crippen MR) is 67.1 cm³/mol. The second-order valence-electron chi connectivity index (χ2n) is 3.08. The van der Waals surface area contributed by atoms with Crippen LogP contribution in [0.1, 0.15) is 18.5 Å². The molecule has 3 nitrogen and oxygen atoms in total. The van der Waals surface area contributed by atoms with Gasteiger partial charge in [-0.2, -0.15) is 4.98 Å². The fourth-order valence-corrected chi connectivity index (χ4v) is 1.86. The number of ether oxygens (including phenoxy) is 1. The molecule has 0 amide bonds. The fourth-order valence-electron chi connectivity index (χ4n) is 1.05. The first-order valence-corrected chi connectivity index (χ1v) is 7.19. The Bertz CT molecular complexity index is 309. The Balaban J connectivity index is 2.49. The van der Waals surface area contributed by atoms with Gasteiger partial charge < -0.3 is 4.74 Å². The van der Waals surface area contributed by atoms with Gasteiger partial charge in [-0.3, -0.25) is 0 Å². The monoisotopic (exact) mass is 290 g/mol. The maximum absolute atomic E-state index is 5.55. The molecule has 0 fully saturated rings. The van der Waals surface area contributed by atoms with E-state index in [-0.39, 0.29) is 0 Å². The molecule has 0 aliphatic heterocycles. The lowest BCUT2D eigenvalue weighted by Crippen LogP contribution is -2.01. The van der Waals surface area contributed by atoms with Crippen LogP contribution in [0.4, 0.5) is 0 Å². The van der Waals surface area contributed by atoms with Crippen molar-refractivity contribution in [1.82, 2.24) is 9.97 Å². The van der Waals surface area contributed by atoms with Gasteiger partial charge >= 0.3 is 0 Å². The van der Waals surface area contributed by atoms with Crippen molar-refractivity contribution in [3.63, 3.8) is 0 Å². The van der Waals surface area contributed by atoms with Crippen molar-refractivity contribution in [2.75, 3.05) is 18.2 Å². The number of unbranched alkanes of at least 4 members (excludes halogenated alkanes) is 1. The predicted octanol–water partition coefficient (Wildman–Crippen LogP) is 3.06. The second kappa shape index (κ2) is 7.06. The zero-order chi connectivity index (χ0) is 11.1. The molecule has 0 aliphatic carbocycles. The number of halogens is 1. The van der Waals surface area contributed by atoms with Gasteiger partial charge in [-0.25, -0.2) is 4.98 Å². The SMILES string of the molecule is CSc1nc(C)cc(OCCCCBr)n1. The third-order valence-electron chi connectivity index (χ3n) is 1.77. The van der Waals surface area contributed by atoms with Gasteiger partial charge in [0.05, 0.1) is 6.61 Å². The van der Waals surface area contributed by atoms with E-state index >= 15 is 0 Å². The van der Waals surface area contributed by atoms with E-state index in [1.54, 1.807) is 0 Å². The quantitative estimate of drug-likeness (QED) is 0.349. The molecule has 15 heavy (non-hydrogen) atoms. The smallest absolute Gasteiger partial charge is 0.217 e. The molecule has 0 unspecified atom stereocenters. The average Bonchev–Trinajstić information content (AvgIpc) is 2.23. The summed E-state index contributed by atoms with van der Waals surface area (Å²) in [5.74, 6) is 0.682. The van der Waals surface area contributed by atoms with E-state index in [0.29, 0.717) is 5.88 Å². The maximum atomic E-state index is 5.55. The first-order valence-electron chi connectivity index (χ1n) is 4.84. The number of rotatable bonds is 6. The fraction of sp³-hybridized carbons (Fsp3) is 0.600. The van der Waals surface area contributed by atoms with Crippen molar-refractivity contribution >= 4 is 27.7 Å². The van der Waals surface area contributed by atoms with Gasteiger partial charge in [-0.05, 0) is 26.0 Å². The van der Waals surface area contributed by atoms with Crippen LogP contribution in [0.15, 0.2) is 11.2 Å². The van der Waals surface area contributed by atoms with E-state index in [2.05, 4.69) is 25.9 Å². The van der Waals surface area contributed by atoms with Crippen molar-refractivity contribution in [1.29, 1.82) is 0 Å². The maximum Gasteiger partial charge on any atom is 0.217 e. The summed E-state index contributed by atoms with van der Waals surface area (Å²) in [5, 5.41) is 1.79. The van der Waals surface area contributed by atoms with Crippen LogP contribution in [-0.4, -0.2) is 28.2 Å². The number of thioether (sulfide) groups is 1. The Morgan fingerprint density at radius 2 is 2.20 bits per heavy atom. The number of hydrogen-bond acceptors (Lipinski definition) is 4. The molecule has 5 heteroatoms. The van der Waals surface area contributed by atoms with Crippen LogP contribution >= 0.6 is 27.7 Å². The summed E-state index contributed by atoms with van der Waals surface area (Å²) in [7, 11) is 0. The highest BCUT2D eigenvalue weighted by Crippen LogP contribution is 2.15. The molecule has 0 saturated carbocycles. The van der Waals surface area contributed by atoms with E-state index in [1.807, 2.05) is 19.2 Å². The Morgan fingerprint density at radius 3 is 2.87 bits per heavy atom. The standard InChI is InChI=1S/C10H15BrN2OS/c1-8-7-9(13-10(12-8)15-2)14-6-4-3-5-11/h7H,3-6H2,1-2H3. The summed E-state index contributed by atoms with van der Waals surface area (Å²) in [6.07, 6.45) is 4.13. The summed E-state index contributed by atoms with van der Waals surface area (Å²) in [6, 6.07) is 1.87. The lowest BCUT2D eigenvalue weighted by molar-refractivity contribution is 0.295. The third-order valence-corrected chi connectivity index (χ3v) is 2.88. The molecule has 0 aliphatic rings. The number of aromatic nitrogens is 2. The van der Waals surface area contributed by atoms with Crippen LogP contribution in [0.3, 0.4) is 0 Å². The van der Waals surface area contributed by atoms with Gasteiger partial charge in [0, 0.05) is 17.1 Å². The zero-order valence-corrected chi connectivity index (χ0v) is 11.4. The van der Waals surface area contributed by atoms with Crippen molar-refractivity contribution in [3.8, 4) is 5.88 Å². The van der Waals surface area contributed by atoms with E-state index in [4.69, 9.17) is 4.74 Å². The van der Waals surface area contributed by atoms with E-state index in [1.165, 1.54) is 11.8 Å². The highest BCUT2D eigenvalue weighted by atomic mass is 79.9. The molecule has 0 N–H and O–H groups in total. The largest absolute Gasteiger partial charge is 0.478 e. The van der Waals surface area contributed by atoms with Gasteiger partial charge in [0.15, 0.2) is 5.16 Å². The number of nitrogens with zero attached hydrogens (tertiary/aromatic N) is 2. The van der Waals surface area contributed by atoms with Gasteiger partial charge in [-0.15, -0.1) is 0 Å². The van der Waals surface area contributed by atoms with Crippen LogP contribution in [0.25, 0.3) is 0 Å². The van der Waals surface area contributed by atoms with Gasteiger partial charge in [-0.1, -0.05) is 27.7 Å². The number of aryl methyl sites for hydroxylation is 1. The molecule has 84 valence electrons. The highest BCUT2D eigenvalue weighted by Gasteiger charge is 2.01. The lowest BCUT2D eigenvalue weighted by Gasteiger charge is -2.06. The van der Waals surface area contributed by atoms with Crippen LogP contribution in [-0.2, 0) is 0 Å². The molecule has 0 spiro atoms. The highest BCUT2D eigenvalue weighted by molar-refractivity contribution is 9.09. The summed E-state index contributed by atoms with van der Waals surface area (Å²) < 4.78 is 5.55. The Hall–Kier alpha value is -0.290. The average molecular weight is 291 g/mol. The van der Waals surface area contributed by atoms with Crippen molar-refractivity contribution < 1.29 is 4.74 Å². The molecule has 0 atom stereocenters. The van der Waals surface area contributed by atoms with E-state index in [0.717, 1.165) is 35.6 Å². The molecule has 0 radical (unpaired) electrons.